The normalized spacial score (nSPS) is 12.8. The number of hydrogen-bond donors (Lipinski definition) is 1. The summed E-state index contributed by atoms with van der Waals surface area (Å²) in [5.41, 5.74) is 2.13. The van der Waals surface area contributed by atoms with E-state index in [9.17, 15) is 9.50 Å². The number of hydrogen-bond acceptors (Lipinski definition) is 4. The third kappa shape index (κ3) is 2.95. The minimum atomic E-state index is -0.711. The van der Waals surface area contributed by atoms with E-state index in [1.807, 2.05) is 24.3 Å². The summed E-state index contributed by atoms with van der Waals surface area (Å²) in [7, 11) is 0. The summed E-state index contributed by atoms with van der Waals surface area (Å²) in [4.78, 5) is 5.42. The van der Waals surface area contributed by atoms with Crippen molar-refractivity contribution in [1.29, 1.82) is 0 Å². The van der Waals surface area contributed by atoms with Gasteiger partial charge in [0.2, 0.25) is 0 Å². The fraction of sp³-hybridized carbons (Fsp3) is 0.188. The summed E-state index contributed by atoms with van der Waals surface area (Å²) in [6.07, 6.45) is -0.711. The van der Waals surface area contributed by atoms with Gasteiger partial charge in [-0.2, -0.15) is 0 Å². The van der Waals surface area contributed by atoms with Crippen molar-refractivity contribution in [2.75, 3.05) is 0 Å². The van der Waals surface area contributed by atoms with Crippen molar-refractivity contribution in [3.63, 3.8) is 0 Å². The van der Waals surface area contributed by atoms with Crippen molar-refractivity contribution in [2.45, 2.75) is 29.2 Å². The first-order valence-electron chi connectivity index (χ1n) is 6.56. The topological polar surface area (TPSA) is 33.1 Å². The maximum Gasteiger partial charge on any atom is 0.155 e. The highest BCUT2D eigenvalue weighted by Crippen LogP contribution is 2.38. The van der Waals surface area contributed by atoms with E-state index in [-0.39, 0.29) is 5.82 Å². The average molecular weight is 319 g/mol. The molecule has 108 valence electrons. The van der Waals surface area contributed by atoms with E-state index < -0.39 is 6.10 Å². The molecule has 0 amide bonds. The van der Waals surface area contributed by atoms with Crippen LogP contribution in [-0.4, -0.2) is 10.1 Å². The van der Waals surface area contributed by atoms with Crippen LogP contribution in [0.4, 0.5) is 4.39 Å². The number of fused-ring (bicyclic) bond motifs is 1. The van der Waals surface area contributed by atoms with Crippen LogP contribution in [-0.2, 0) is 0 Å². The molecular weight excluding hydrogens is 305 g/mol. The van der Waals surface area contributed by atoms with Crippen LogP contribution < -0.4 is 0 Å². The van der Waals surface area contributed by atoms with Crippen LogP contribution in [0.1, 0.15) is 24.2 Å². The Labute approximate surface area is 130 Å². The second kappa shape index (κ2) is 5.75. The molecule has 0 aliphatic carbocycles. The lowest BCUT2D eigenvalue weighted by molar-refractivity contribution is 0.196. The van der Waals surface area contributed by atoms with Crippen molar-refractivity contribution < 1.29 is 9.50 Å². The highest BCUT2D eigenvalue weighted by Gasteiger charge is 2.14. The largest absolute Gasteiger partial charge is 0.389 e. The number of aryl methyl sites for hydroxylation is 1. The molecule has 21 heavy (non-hydrogen) atoms. The zero-order chi connectivity index (χ0) is 15.0. The number of halogens is 1. The summed E-state index contributed by atoms with van der Waals surface area (Å²) >= 11 is 3.07. The molecule has 1 aromatic heterocycles. The molecule has 0 fully saturated rings. The van der Waals surface area contributed by atoms with Crippen molar-refractivity contribution >= 4 is 33.3 Å². The van der Waals surface area contributed by atoms with Gasteiger partial charge in [0.1, 0.15) is 5.82 Å². The highest BCUT2D eigenvalue weighted by atomic mass is 32.2. The SMILES string of the molecule is Cc1cc(Sc2nc3ccccc3s2)c([C@H](C)O)cc1F. The van der Waals surface area contributed by atoms with Gasteiger partial charge in [-0.05, 0) is 49.2 Å². The lowest BCUT2D eigenvalue weighted by atomic mass is 10.1. The molecule has 5 heteroatoms. The van der Waals surface area contributed by atoms with Crippen LogP contribution in [0, 0.1) is 12.7 Å². The quantitative estimate of drug-likeness (QED) is 0.741. The standard InChI is InChI=1S/C16H14FNOS2/c1-9-7-15(11(10(2)19)8-12(9)17)21-16-18-13-5-3-4-6-14(13)20-16/h3-8,10,19H,1-2H3/t10-/m0/s1. The van der Waals surface area contributed by atoms with E-state index in [0.717, 1.165) is 19.5 Å². The van der Waals surface area contributed by atoms with Crippen molar-refractivity contribution in [3.8, 4) is 0 Å². The van der Waals surface area contributed by atoms with E-state index in [0.29, 0.717) is 11.1 Å². The van der Waals surface area contributed by atoms with Gasteiger partial charge in [0.25, 0.3) is 0 Å². The minimum absolute atomic E-state index is 0.292. The van der Waals surface area contributed by atoms with Gasteiger partial charge in [-0.3, -0.25) is 0 Å². The minimum Gasteiger partial charge on any atom is -0.389 e. The number of nitrogens with zero attached hydrogens (tertiary/aromatic N) is 1. The second-order valence-electron chi connectivity index (χ2n) is 4.86. The summed E-state index contributed by atoms with van der Waals surface area (Å²) < 4.78 is 15.7. The fourth-order valence-electron chi connectivity index (χ4n) is 2.07. The van der Waals surface area contributed by atoms with E-state index in [1.54, 1.807) is 31.3 Å². The third-order valence-electron chi connectivity index (χ3n) is 3.21. The zero-order valence-corrected chi connectivity index (χ0v) is 13.3. The molecule has 0 aliphatic heterocycles. The molecule has 0 aliphatic rings. The first-order chi connectivity index (χ1) is 10.0. The monoisotopic (exact) mass is 319 g/mol. The molecule has 0 bridgehead atoms. The molecule has 0 spiro atoms. The van der Waals surface area contributed by atoms with E-state index in [2.05, 4.69) is 4.98 Å². The number of aliphatic hydroxyl groups is 1. The summed E-state index contributed by atoms with van der Waals surface area (Å²) in [6.45, 7) is 3.37. The molecule has 0 radical (unpaired) electrons. The van der Waals surface area contributed by atoms with Gasteiger partial charge in [-0.15, -0.1) is 11.3 Å². The van der Waals surface area contributed by atoms with Crippen LogP contribution in [0.2, 0.25) is 0 Å². The smallest absolute Gasteiger partial charge is 0.155 e. The second-order valence-corrected chi connectivity index (χ2v) is 7.18. The Balaban J connectivity index is 2.02. The molecular formula is C16H14FNOS2. The first-order valence-corrected chi connectivity index (χ1v) is 8.19. The van der Waals surface area contributed by atoms with Crippen molar-refractivity contribution in [3.05, 3.63) is 53.3 Å². The van der Waals surface area contributed by atoms with E-state index in [1.165, 1.54) is 17.8 Å². The number of para-hydroxylation sites is 1. The zero-order valence-electron chi connectivity index (χ0n) is 11.6. The summed E-state index contributed by atoms with van der Waals surface area (Å²) in [5.74, 6) is -0.292. The lowest BCUT2D eigenvalue weighted by Gasteiger charge is -2.12. The predicted octanol–water partition coefficient (Wildman–Crippen LogP) is 4.95. The molecule has 0 unspecified atom stereocenters. The lowest BCUT2D eigenvalue weighted by Crippen LogP contribution is -1.97. The van der Waals surface area contributed by atoms with Crippen LogP contribution in [0.5, 0.6) is 0 Å². The number of rotatable bonds is 3. The van der Waals surface area contributed by atoms with Gasteiger partial charge in [0, 0.05) is 4.90 Å². The average Bonchev–Trinajstić information content (AvgIpc) is 2.84. The number of thiazole rings is 1. The van der Waals surface area contributed by atoms with Crippen molar-refractivity contribution in [2.24, 2.45) is 0 Å². The molecule has 3 aromatic rings. The highest BCUT2D eigenvalue weighted by molar-refractivity contribution is 8.01. The molecule has 0 saturated heterocycles. The predicted molar refractivity (Wildman–Crippen MR) is 85.5 cm³/mol. The Bertz CT molecular complexity index is 765. The molecule has 2 aromatic carbocycles. The molecule has 1 heterocycles. The molecule has 0 saturated carbocycles. The number of benzene rings is 2. The van der Waals surface area contributed by atoms with Gasteiger partial charge in [0.15, 0.2) is 4.34 Å². The Kier molecular flexibility index (Phi) is 3.97. The van der Waals surface area contributed by atoms with Gasteiger partial charge < -0.3 is 5.11 Å². The van der Waals surface area contributed by atoms with Crippen LogP contribution in [0.3, 0.4) is 0 Å². The summed E-state index contributed by atoms with van der Waals surface area (Å²) in [6, 6.07) is 11.1. The molecule has 1 N–H and O–H groups in total. The summed E-state index contributed by atoms with van der Waals surface area (Å²) in [5, 5.41) is 9.84. The van der Waals surface area contributed by atoms with Crippen LogP contribution in [0.25, 0.3) is 10.2 Å². The number of aliphatic hydroxyl groups excluding tert-OH is 1. The van der Waals surface area contributed by atoms with Gasteiger partial charge >= 0.3 is 0 Å². The first kappa shape index (κ1) is 14.5. The Morgan fingerprint density at radius 2 is 2.05 bits per heavy atom. The van der Waals surface area contributed by atoms with Gasteiger partial charge in [-0.25, -0.2) is 9.37 Å². The van der Waals surface area contributed by atoms with Crippen LogP contribution >= 0.6 is 23.1 Å². The Morgan fingerprint density at radius 1 is 1.29 bits per heavy atom. The maximum absolute atomic E-state index is 13.7. The van der Waals surface area contributed by atoms with E-state index in [4.69, 9.17) is 0 Å². The fourth-order valence-corrected chi connectivity index (χ4v) is 4.39. The van der Waals surface area contributed by atoms with Gasteiger partial charge in [0.05, 0.1) is 16.3 Å². The van der Waals surface area contributed by atoms with E-state index >= 15 is 0 Å². The molecule has 1 atom stereocenters. The molecule has 2 nitrogen and oxygen atoms in total. The maximum atomic E-state index is 13.7. The van der Waals surface area contributed by atoms with Crippen molar-refractivity contribution in [1.82, 2.24) is 4.98 Å². The van der Waals surface area contributed by atoms with Gasteiger partial charge in [-0.1, -0.05) is 23.9 Å². The Morgan fingerprint density at radius 3 is 2.76 bits per heavy atom. The van der Waals surface area contributed by atoms with Crippen LogP contribution in [0.15, 0.2) is 45.6 Å². The third-order valence-corrected chi connectivity index (χ3v) is 5.38. The Hall–Kier alpha value is -1.43. The molecule has 3 rings (SSSR count). The number of aromatic nitrogens is 1.